The molecule has 0 bridgehead atoms. The molecule has 0 saturated carbocycles. The quantitative estimate of drug-likeness (QED) is 0.676. The lowest BCUT2D eigenvalue weighted by Crippen LogP contribution is -2.31. The molecule has 0 atom stereocenters. The lowest BCUT2D eigenvalue weighted by molar-refractivity contribution is 0.178. The van der Waals surface area contributed by atoms with Crippen molar-refractivity contribution < 1.29 is 14.6 Å². The van der Waals surface area contributed by atoms with Gasteiger partial charge in [0, 0.05) is 19.6 Å². The molecule has 0 aliphatic carbocycles. The Morgan fingerprint density at radius 1 is 1.28 bits per heavy atom. The highest BCUT2D eigenvalue weighted by atomic mass is 16.5. The summed E-state index contributed by atoms with van der Waals surface area (Å²) in [5, 5.41) is 8.93. The SMILES string of the molecule is C=CCN(CCO)CCOc1ccccc1OC. The van der Waals surface area contributed by atoms with Crippen molar-refractivity contribution in [2.75, 3.05) is 40.0 Å². The van der Waals surface area contributed by atoms with Gasteiger partial charge in [-0.2, -0.15) is 0 Å². The van der Waals surface area contributed by atoms with Gasteiger partial charge in [0.1, 0.15) is 6.61 Å². The minimum absolute atomic E-state index is 0.141. The van der Waals surface area contributed by atoms with Crippen LogP contribution in [0.15, 0.2) is 36.9 Å². The van der Waals surface area contributed by atoms with Crippen LogP contribution in [0.1, 0.15) is 0 Å². The van der Waals surface area contributed by atoms with Crippen LogP contribution in [-0.4, -0.2) is 50.0 Å². The Morgan fingerprint density at radius 2 is 2.00 bits per heavy atom. The molecule has 100 valence electrons. The molecular formula is C14H21NO3. The number of aliphatic hydroxyl groups excluding tert-OH is 1. The Kier molecular flexibility index (Phi) is 6.91. The van der Waals surface area contributed by atoms with E-state index in [9.17, 15) is 0 Å². The summed E-state index contributed by atoms with van der Waals surface area (Å²) in [5.74, 6) is 1.47. The van der Waals surface area contributed by atoms with Crippen molar-refractivity contribution in [2.24, 2.45) is 0 Å². The van der Waals surface area contributed by atoms with Crippen molar-refractivity contribution in [3.8, 4) is 11.5 Å². The van der Waals surface area contributed by atoms with E-state index in [2.05, 4.69) is 11.5 Å². The number of hydrogen-bond acceptors (Lipinski definition) is 4. The predicted octanol–water partition coefficient (Wildman–Crippen LogP) is 1.55. The summed E-state index contributed by atoms with van der Waals surface area (Å²) in [4.78, 5) is 2.07. The first kappa shape index (κ1) is 14.5. The molecule has 18 heavy (non-hydrogen) atoms. The summed E-state index contributed by atoms with van der Waals surface area (Å²) in [5.41, 5.74) is 0. The number of ether oxygens (including phenoxy) is 2. The average molecular weight is 251 g/mol. The van der Waals surface area contributed by atoms with Crippen LogP contribution in [0.25, 0.3) is 0 Å². The maximum atomic E-state index is 8.93. The molecule has 4 heteroatoms. The molecule has 0 radical (unpaired) electrons. The van der Waals surface area contributed by atoms with Gasteiger partial charge in [-0.05, 0) is 12.1 Å². The van der Waals surface area contributed by atoms with E-state index in [4.69, 9.17) is 14.6 Å². The molecule has 0 unspecified atom stereocenters. The van der Waals surface area contributed by atoms with Crippen molar-refractivity contribution >= 4 is 0 Å². The molecule has 1 rings (SSSR count). The Bertz CT molecular complexity index is 355. The van der Waals surface area contributed by atoms with E-state index < -0.39 is 0 Å². The lowest BCUT2D eigenvalue weighted by atomic mass is 10.3. The van der Waals surface area contributed by atoms with Crippen molar-refractivity contribution in [1.82, 2.24) is 4.90 Å². The monoisotopic (exact) mass is 251 g/mol. The number of rotatable bonds is 9. The van der Waals surface area contributed by atoms with E-state index in [1.165, 1.54) is 0 Å². The topological polar surface area (TPSA) is 41.9 Å². The second kappa shape index (κ2) is 8.55. The Morgan fingerprint density at radius 3 is 2.61 bits per heavy atom. The molecule has 0 heterocycles. The van der Waals surface area contributed by atoms with Crippen LogP contribution >= 0.6 is 0 Å². The molecule has 1 N–H and O–H groups in total. The molecule has 0 aliphatic heterocycles. The van der Waals surface area contributed by atoms with Gasteiger partial charge < -0.3 is 14.6 Å². The molecule has 4 nitrogen and oxygen atoms in total. The normalized spacial score (nSPS) is 10.4. The molecular weight excluding hydrogens is 230 g/mol. The second-order valence-corrected chi connectivity index (χ2v) is 3.81. The maximum Gasteiger partial charge on any atom is 0.161 e. The van der Waals surface area contributed by atoms with Crippen LogP contribution in [0, 0.1) is 0 Å². The summed E-state index contributed by atoms with van der Waals surface area (Å²) >= 11 is 0. The molecule has 0 spiro atoms. The van der Waals surface area contributed by atoms with E-state index in [0.29, 0.717) is 13.2 Å². The van der Waals surface area contributed by atoms with Crippen LogP contribution in [0.2, 0.25) is 0 Å². The van der Waals surface area contributed by atoms with Crippen LogP contribution < -0.4 is 9.47 Å². The zero-order chi connectivity index (χ0) is 13.2. The molecule has 0 aromatic heterocycles. The fourth-order valence-electron chi connectivity index (χ4n) is 1.64. The van der Waals surface area contributed by atoms with Gasteiger partial charge in [0.2, 0.25) is 0 Å². The second-order valence-electron chi connectivity index (χ2n) is 3.81. The number of benzene rings is 1. The first-order valence-corrected chi connectivity index (χ1v) is 6.01. The van der Waals surface area contributed by atoms with Gasteiger partial charge in [-0.3, -0.25) is 4.90 Å². The van der Waals surface area contributed by atoms with Crippen molar-refractivity contribution in [2.45, 2.75) is 0 Å². The van der Waals surface area contributed by atoms with Crippen LogP contribution in [0.3, 0.4) is 0 Å². The van der Waals surface area contributed by atoms with Gasteiger partial charge in [-0.15, -0.1) is 6.58 Å². The third-order valence-corrected chi connectivity index (χ3v) is 2.54. The molecule has 0 amide bonds. The first-order valence-electron chi connectivity index (χ1n) is 6.01. The maximum absolute atomic E-state index is 8.93. The van der Waals surface area contributed by atoms with E-state index in [-0.39, 0.29) is 6.61 Å². The average Bonchev–Trinajstić information content (AvgIpc) is 2.40. The highest BCUT2D eigenvalue weighted by Crippen LogP contribution is 2.25. The van der Waals surface area contributed by atoms with Crippen molar-refractivity contribution in [3.63, 3.8) is 0 Å². The highest BCUT2D eigenvalue weighted by molar-refractivity contribution is 5.39. The Balaban J connectivity index is 2.41. The van der Waals surface area contributed by atoms with Gasteiger partial charge in [-0.1, -0.05) is 18.2 Å². The summed E-state index contributed by atoms with van der Waals surface area (Å²) in [6.07, 6.45) is 1.82. The minimum Gasteiger partial charge on any atom is -0.493 e. The van der Waals surface area contributed by atoms with Gasteiger partial charge in [0.25, 0.3) is 0 Å². The number of hydrogen-bond donors (Lipinski definition) is 1. The van der Waals surface area contributed by atoms with Crippen LogP contribution in [0.5, 0.6) is 11.5 Å². The number of methoxy groups -OCH3 is 1. The summed E-state index contributed by atoms with van der Waals surface area (Å²) in [7, 11) is 1.62. The summed E-state index contributed by atoms with van der Waals surface area (Å²) < 4.78 is 10.9. The third-order valence-electron chi connectivity index (χ3n) is 2.54. The highest BCUT2D eigenvalue weighted by Gasteiger charge is 2.05. The van der Waals surface area contributed by atoms with Crippen molar-refractivity contribution in [1.29, 1.82) is 0 Å². The van der Waals surface area contributed by atoms with E-state index in [1.54, 1.807) is 7.11 Å². The Hall–Kier alpha value is -1.52. The predicted molar refractivity (Wildman–Crippen MR) is 72.2 cm³/mol. The molecule has 1 aromatic rings. The Labute approximate surface area is 108 Å². The van der Waals surface area contributed by atoms with Gasteiger partial charge >= 0.3 is 0 Å². The molecule has 0 aliphatic rings. The number of para-hydroxylation sites is 2. The summed E-state index contributed by atoms with van der Waals surface area (Å²) in [6, 6.07) is 7.56. The van der Waals surface area contributed by atoms with E-state index in [1.807, 2.05) is 30.3 Å². The third kappa shape index (κ3) is 4.77. The van der Waals surface area contributed by atoms with Crippen molar-refractivity contribution in [3.05, 3.63) is 36.9 Å². The van der Waals surface area contributed by atoms with E-state index in [0.717, 1.165) is 24.6 Å². The zero-order valence-corrected chi connectivity index (χ0v) is 10.8. The molecule has 0 fully saturated rings. The lowest BCUT2D eigenvalue weighted by Gasteiger charge is -2.19. The first-order chi connectivity index (χ1) is 8.81. The van der Waals surface area contributed by atoms with Crippen LogP contribution in [0.4, 0.5) is 0 Å². The largest absolute Gasteiger partial charge is 0.493 e. The van der Waals surface area contributed by atoms with E-state index >= 15 is 0 Å². The molecule has 0 saturated heterocycles. The number of nitrogens with zero attached hydrogens (tertiary/aromatic N) is 1. The smallest absolute Gasteiger partial charge is 0.161 e. The van der Waals surface area contributed by atoms with Gasteiger partial charge in [0.05, 0.1) is 13.7 Å². The standard InChI is InChI=1S/C14H21NO3/c1-3-8-15(9-11-16)10-12-18-14-7-5-4-6-13(14)17-2/h3-7,16H,1,8-12H2,2H3. The number of aliphatic hydroxyl groups is 1. The fourth-order valence-corrected chi connectivity index (χ4v) is 1.64. The fraction of sp³-hybridized carbons (Fsp3) is 0.429. The van der Waals surface area contributed by atoms with Crippen LogP contribution in [-0.2, 0) is 0 Å². The van der Waals surface area contributed by atoms with Gasteiger partial charge in [0.15, 0.2) is 11.5 Å². The molecule has 1 aromatic carbocycles. The zero-order valence-electron chi connectivity index (χ0n) is 10.8. The minimum atomic E-state index is 0.141. The van der Waals surface area contributed by atoms with Gasteiger partial charge in [-0.25, -0.2) is 0 Å². The summed E-state index contributed by atoms with van der Waals surface area (Å²) in [6.45, 7) is 6.50.